The van der Waals surface area contributed by atoms with E-state index in [4.69, 9.17) is 21.1 Å². The zero-order valence-corrected chi connectivity index (χ0v) is 14.0. The van der Waals surface area contributed by atoms with E-state index in [0.717, 1.165) is 6.42 Å². The Kier molecular flexibility index (Phi) is 6.37. The summed E-state index contributed by atoms with van der Waals surface area (Å²) >= 11 is 6.06. The van der Waals surface area contributed by atoms with Crippen molar-refractivity contribution < 1.29 is 14.3 Å². The number of nitrogens with one attached hydrogen (secondary N) is 1. The summed E-state index contributed by atoms with van der Waals surface area (Å²) in [6, 6.07) is 3.34. The number of ether oxygens (including phenoxy) is 2. The largest absolute Gasteiger partial charge is 0.495 e. The number of rotatable bonds is 6. The molecule has 1 aliphatic carbocycles. The summed E-state index contributed by atoms with van der Waals surface area (Å²) < 4.78 is 10.4. The molecule has 0 spiro atoms. The van der Waals surface area contributed by atoms with Gasteiger partial charge in [0.05, 0.1) is 24.9 Å². The Balaban J connectivity index is 1.95. The fourth-order valence-corrected chi connectivity index (χ4v) is 3.21. The SMILES string of the molecule is COc1cc(NC(=O)CCC2CCCCC2)c(OC)cc1Cl. The van der Waals surface area contributed by atoms with Crippen molar-refractivity contribution in [3.8, 4) is 11.5 Å². The number of benzene rings is 1. The highest BCUT2D eigenvalue weighted by Crippen LogP contribution is 2.36. The van der Waals surface area contributed by atoms with Crippen LogP contribution in [0, 0.1) is 5.92 Å². The first-order chi connectivity index (χ1) is 10.6. The molecule has 0 unspecified atom stereocenters. The summed E-state index contributed by atoms with van der Waals surface area (Å²) in [5.41, 5.74) is 0.595. The molecule has 22 heavy (non-hydrogen) atoms. The highest BCUT2D eigenvalue weighted by Gasteiger charge is 2.16. The van der Waals surface area contributed by atoms with Crippen molar-refractivity contribution in [1.82, 2.24) is 0 Å². The van der Waals surface area contributed by atoms with Crippen LogP contribution in [0.1, 0.15) is 44.9 Å². The first kappa shape index (κ1) is 16.9. The third-order valence-electron chi connectivity index (χ3n) is 4.25. The predicted molar refractivity (Wildman–Crippen MR) is 89.0 cm³/mol. The van der Waals surface area contributed by atoms with Crippen LogP contribution in [0.3, 0.4) is 0 Å². The van der Waals surface area contributed by atoms with Crippen LogP contribution in [0.25, 0.3) is 0 Å². The maximum Gasteiger partial charge on any atom is 0.224 e. The number of carbonyl (C=O) groups is 1. The Labute approximate surface area is 137 Å². The lowest BCUT2D eigenvalue weighted by atomic mass is 9.86. The van der Waals surface area contributed by atoms with Crippen LogP contribution in [0.5, 0.6) is 11.5 Å². The molecule has 2 rings (SSSR count). The second kappa shape index (κ2) is 8.28. The molecule has 1 saturated carbocycles. The first-order valence-corrected chi connectivity index (χ1v) is 8.23. The number of anilines is 1. The molecule has 1 N–H and O–H groups in total. The Hall–Kier alpha value is -1.42. The molecule has 1 aromatic carbocycles. The van der Waals surface area contributed by atoms with Crippen molar-refractivity contribution in [3.05, 3.63) is 17.2 Å². The van der Waals surface area contributed by atoms with Crippen molar-refractivity contribution in [2.75, 3.05) is 19.5 Å². The molecule has 0 aliphatic heterocycles. The quantitative estimate of drug-likeness (QED) is 0.827. The summed E-state index contributed by atoms with van der Waals surface area (Å²) in [6.07, 6.45) is 7.95. The minimum Gasteiger partial charge on any atom is -0.495 e. The van der Waals surface area contributed by atoms with E-state index in [2.05, 4.69) is 5.32 Å². The van der Waals surface area contributed by atoms with E-state index >= 15 is 0 Å². The van der Waals surface area contributed by atoms with Gasteiger partial charge in [0.15, 0.2) is 0 Å². The lowest BCUT2D eigenvalue weighted by Gasteiger charge is -2.21. The first-order valence-electron chi connectivity index (χ1n) is 7.85. The van der Waals surface area contributed by atoms with Gasteiger partial charge in [-0.3, -0.25) is 4.79 Å². The van der Waals surface area contributed by atoms with E-state index in [9.17, 15) is 4.79 Å². The van der Waals surface area contributed by atoms with Crippen molar-refractivity contribution >= 4 is 23.2 Å². The van der Waals surface area contributed by atoms with Gasteiger partial charge in [0.25, 0.3) is 0 Å². The second-order valence-electron chi connectivity index (χ2n) is 5.78. The number of hydrogen-bond acceptors (Lipinski definition) is 3. The average Bonchev–Trinajstić information content (AvgIpc) is 2.55. The van der Waals surface area contributed by atoms with Gasteiger partial charge in [-0.05, 0) is 12.3 Å². The monoisotopic (exact) mass is 325 g/mol. The zero-order chi connectivity index (χ0) is 15.9. The zero-order valence-electron chi connectivity index (χ0n) is 13.3. The lowest BCUT2D eigenvalue weighted by Crippen LogP contribution is -2.15. The third kappa shape index (κ3) is 4.54. The molecular weight excluding hydrogens is 302 g/mol. The van der Waals surface area contributed by atoms with Gasteiger partial charge in [-0.2, -0.15) is 0 Å². The molecule has 0 saturated heterocycles. The van der Waals surface area contributed by atoms with Gasteiger partial charge in [0.2, 0.25) is 5.91 Å². The maximum absolute atomic E-state index is 12.2. The van der Waals surface area contributed by atoms with Gasteiger partial charge in [0.1, 0.15) is 11.5 Å². The van der Waals surface area contributed by atoms with Gasteiger partial charge in [0, 0.05) is 18.6 Å². The van der Waals surface area contributed by atoms with Gasteiger partial charge >= 0.3 is 0 Å². The Morgan fingerprint density at radius 3 is 2.50 bits per heavy atom. The van der Waals surface area contributed by atoms with E-state index in [1.54, 1.807) is 26.4 Å². The molecule has 1 fully saturated rings. The Bertz CT molecular complexity index is 513. The van der Waals surface area contributed by atoms with Gasteiger partial charge in [-0.15, -0.1) is 0 Å². The molecule has 1 aromatic rings. The summed E-state index contributed by atoms with van der Waals surface area (Å²) in [6.45, 7) is 0. The number of amides is 1. The van der Waals surface area contributed by atoms with Crippen LogP contribution >= 0.6 is 11.6 Å². The van der Waals surface area contributed by atoms with Gasteiger partial charge in [-0.25, -0.2) is 0 Å². The van der Waals surface area contributed by atoms with Gasteiger partial charge < -0.3 is 14.8 Å². The fraction of sp³-hybridized carbons (Fsp3) is 0.588. The number of hydrogen-bond donors (Lipinski definition) is 1. The molecule has 5 heteroatoms. The topological polar surface area (TPSA) is 47.6 Å². The van der Waals surface area contributed by atoms with Crippen LogP contribution in [0.4, 0.5) is 5.69 Å². The smallest absolute Gasteiger partial charge is 0.224 e. The summed E-state index contributed by atoms with van der Waals surface area (Å²) in [5.74, 6) is 1.76. The van der Waals surface area contributed by atoms with Crippen LogP contribution in [-0.4, -0.2) is 20.1 Å². The van der Waals surface area contributed by atoms with Crippen molar-refractivity contribution in [1.29, 1.82) is 0 Å². The summed E-state index contributed by atoms with van der Waals surface area (Å²) in [5, 5.41) is 3.36. The van der Waals surface area contributed by atoms with Gasteiger partial charge in [-0.1, -0.05) is 43.7 Å². The van der Waals surface area contributed by atoms with E-state index in [-0.39, 0.29) is 5.91 Å². The predicted octanol–water partition coefficient (Wildman–Crippen LogP) is 4.66. The summed E-state index contributed by atoms with van der Waals surface area (Å²) in [7, 11) is 3.10. The molecule has 1 amide bonds. The highest BCUT2D eigenvalue weighted by molar-refractivity contribution is 6.32. The molecule has 4 nitrogen and oxygen atoms in total. The maximum atomic E-state index is 12.2. The molecule has 0 radical (unpaired) electrons. The van der Waals surface area contributed by atoms with E-state index in [0.29, 0.717) is 34.5 Å². The molecule has 122 valence electrons. The van der Waals surface area contributed by atoms with E-state index in [1.165, 1.54) is 32.1 Å². The summed E-state index contributed by atoms with van der Waals surface area (Å²) in [4.78, 5) is 12.2. The van der Waals surface area contributed by atoms with E-state index < -0.39 is 0 Å². The number of halogens is 1. The molecular formula is C17H24ClNO3. The van der Waals surface area contributed by atoms with E-state index in [1.807, 2.05) is 0 Å². The number of methoxy groups -OCH3 is 2. The minimum absolute atomic E-state index is 0.00764. The minimum atomic E-state index is 0.00764. The highest BCUT2D eigenvalue weighted by atomic mass is 35.5. The molecule has 0 bridgehead atoms. The lowest BCUT2D eigenvalue weighted by molar-refractivity contribution is -0.116. The van der Waals surface area contributed by atoms with Crippen LogP contribution < -0.4 is 14.8 Å². The molecule has 0 aromatic heterocycles. The van der Waals surface area contributed by atoms with Crippen molar-refractivity contribution in [2.45, 2.75) is 44.9 Å². The average molecular weight is 326 g/mol. The molecule has 0 heterocycles. The Morgan fingerprint density at radius 1 is 1.18 bits per heavy atom. The normalized spacial score (nSPS) is 15.4. The third-order valence-corrected chi connectivity index (χ3v) is 4.55. The second-order valence-corrected chi connectivity index (χ2v) is 6.19. The van der Waals surface area contributed by atoms with Crippen LogP contribution in [0.15, 0.2) is 12.1 Å². The van der Waals surface area contributed by atoms with Crippen LogP contribution in [-0.2, 0) is 4.79 Å². The van der Waals surface area contributed by atoms with Crippen molar-refractivity contribution in [2.24, 2.45) is 5.92 Å². The standard InChI is InChI=1S/C17H24ClNO3/c1-21-15-11-14(16(22-2)10-13(15)18)19-17(20)9-8-12-6-4-3-5-7-12/h10-12H,3-9H2,1-2H3,(H,19,20). The molecule has 0 atom stereocenters. The fourth-order valence-electron chi connectivity index (χ4n) is 2.98. The number of carbonyl (C=O) groups excluding carboxylic acids is 1. The molecule has 1 aliphatic rings. The van der Waals surface area contributed by atoms with Crippen molar-refractivity contribution in [3.63, 3.8) is 0 Å². The van der Waals surface area contributed by atoms with Crippen LogP contribution in [0.2, 0.25) is 5.02 Å². The Morgan fingerprint density at radius 2 is 1.86 bits per heavy atom.